The van der Waals surface area contributed by atoms with E-state index in [4.69, 9.17) is 0 Å². The van der Waals surface area contributed by atoms with Crippen LogP contribution in [0.1, 0.15) is 18.2 Å². The van der Waals surface area contributed by atoms with Crippen LogP contribution in [0.4, 0.5) is 13.2 Å². The summed E-state index contributed by atoms with van der Waals surface area (Å²) >= 11 is 0. The number of hydrogen-bond acceptors (Lipinski definition) is 2. The molecule has 0 aromatic carbocycles. The third-order valence-electron chi connectivity index (χ3n) is 2.33. The van der Waals surface area contributed by atoms with E-state index in [1.54, 1.807) is 12.3 Å². The molecule has 2 heterocycles. The van der Waals surface area contributed by atoms with Crippen LogP contribution in [0.5, 0.6) is 0 Å². The van der Waals surface area contributed by atoms with E-state index in [1.165, 1.54) is 6.20 Å². The van der Waals surface area contributed by atoms with Crippen LogP contribution in [-0.2, 0) is 12.6 Å². The lowest BCUT2D eigenvalue weighted by molar-refractivity contribution is -0.141. The predicted octanol–water partition coefficient (Wildman–Crippen LogP) is 2.85. The summed E-state index contributed by atoms with van der Waals surface area (Å²) in [5, 5.41) is 3.44. The standard InChI is InChI=1S/C11H10F3N3/c1-2-8-3-4-10(15-7-8)17-6-5-9(16-17)11(12,13)14/h3-7H,2H2,1H3. The molecule has 0 aliphatic heterocycles. The van der Waals surface area contributed by atoms with E-state index in [0.29, 0.717) is 5.82 Å². The number of hydrogen-bond donors (Lipinski definition) is 0. The molecule has 0 bridgehead atoms. The van der Waals surface area contributed by atoms with Crippen molar-refractivity contribution < 1.29 is 13.2 Å². The van der Waals surface area contributed by atoms with E-state index in [2.05, 4.69) is 10.1 Å². The molecule has 6 heteroatoms. The maximum atomic E-state index is 12.3. The lowest BCUT2D eigenvalue weighted by Crippen LogP contribution is -2.07. The van der Waals surface area contributed by atoms with Crippen LogP contribution in [-0.4, -0.2) is 14.8 Å². The highest BCUT2D eigenvalue weighted by atomic mass is 19.4. The van der Waals surface area contributed by atoms with Crippen LogP contribution in [0, 0.1) is 0 Å². The van der Waals surface area contributed by atoms with Gasteiger partial charge in [0.25, 0.3) is 0 Å². The summed E-state index contributed by atoms with van der Waals surface area (Å²) in [4.78, 5) is 4.05. The Labute approximate surface area is 95.9 Å². The number of pyridine rings is 1. The van der Waals surface area contributed by atoms with Gasteiger partial charge in [0, 0.05) is 12.4 Å². The fourth-order valence-corrected chi connectivity index (χ4v) is 1.36. The molecule has 0 N–H and O–H groups in total. The zero-order chi connectivity index (χ0) is 12.5. The smallest absolute Gasteiger partial charge is 0.237 e. The van der Waals surface area contributed by atoms with Crippen molar-refractivity contribution in [1.82, 2.24) is 14.8 Å². The topological polar surface area (TPSA) is 30.7 Å². The van der Waals surface area contributed by atoms with Gasteiger partial charge >= 0.3 is 6.18 Å². The van der Waals surface area contributed by atoms with Gasteiger partial charge in [-0.3, -0.25) is 0 Å². The highest BCUT2D eigenvalue weighted by molar-refractivity contribution is 5.25. The quantitative estimate of drug-likeness (QED) is 0.809. The maximum Gasteiger partial charge on any atom is 0.435 e. The third-order valence-corrected chi connectivity index (χ3v) is 2.33. The molecule has 0 unspecified atom stereocenters. The summed E-state index contributed by atoms with van der Waals surface area (Å²) < 4.78 is 38.1. The zero-order valence-corrected chi connectivity index (χ0v) is 9.07. The highest BCUT2D eigenvalue weighted by Crippen LogP contribution is 2.27. The predicted molar refractivity (Wildman–Crippen MR) is 55.7 cm³/mol. The van der Waals surface area contributed by atoms with E-state index in [-0.39, 0.29) is 0 Å². The van der Waals surface area contributed by atoms with Crippen molar-refractivity contribution >= 4 is 0 Å². The van der Waals surface area contributed by atoms with E-state index in [0.717, 1.165) is 22.7 Å². The first-order valence-electron chi connectivity index (χ1n) is 5.09. The Bertz CT molecular complexity index is 499. The Morgan fingerprint density at radius 3 is 2.47 bits per heavy atom. The molecule has 2 aromatic rings. The largest absolute Gasteiger partial charge is 0.435 e. The second-order valence-electron chi connectivity index (χ2n) is 3.52. The van der Waals surface area contributed by atoms with Gasteiger partial charge in [-0.2, -0.15) is 18.3 Å². The Morgan fingerprint density at radius 2 is 2.00 bits per heavy atom. The van der Waals surface area contributed by atoms with Gasteiger partial charge in [0.1, 0.15) is 0 Å². The lowest BCUT2D eigenvalue weighted by Gasteiger charge is -2.03. The van der Waals surface area contributed by atoms with Crippen molar-refractivity contribution in [3.05, 3.63) is 41.9 Å². The van der Waals surface area contributed by atoms with Crippen LogP contribution < -0.4 is 0 Å². The fraction of sp³-hybridized carbons (Fsp3) is 0.273. The van der Waals surface area contributed by atoms with Crippen LogP contribution in [0.15, 0.2) is 30.6 Å². The van der Waals surface area contributed by atoms with Gasteiger partial charge in [0.2, 0.25) is 0 Å². The number of aryl methyl sites for hydroxylation is 1. The van der Waals surface area contributed by atoms with Crippen molar-refractivity contribution in [2.75, 3.05) is 0 Å². The molecule has 0 saturated carbocycles. The minimum atomic E-state index is -4.42. The molecular weight excluding hydrogens is 231 g/mol. The maximum absolute atomic E-state index is 12.3. The van der Waals surface area contributed by atoms with Crippen molar-refractivity contribution in [3.8, 4) is 5.82 Å². The first kappa shape index (κ1) is 11.6. The Morgan fingerprint density at radius 1 is 1.24 bits per heavy atom. The Hall–Kier alpha value is -1.85. The van der Waals surface area contributed by atoms with Crippen molar-refractivity contribution in [2.24, 2.45) is 0 Å². The minimum absolute atomic E-state index is 0.373. The molecule has 0 aliphatic rings. The third kappa shape index (κ3) is 2.46. The molecule has 90 valence electrons. The number of alkyl halides is 3. The Balaban J connectivity index is 2.30. The molecule has 0 saturated heterocycles. The lowest BCUT2D eigenvalue weighted by atomic mass is 10.2. The molecule has 3 nitrogen and oxygen atoms in total. The molecule has 0 fully saturated rings. The van der Waals surface area contributed by atoms with Crippen LogP contribution in [0.2, 0.25) is 0 Å². The average Bonchev–Trinajstić information content (AvgIpc) is 2.78. The molecule has 0 atom stereocenters. The van der Waals surface area contributed by atoms with Crippen molar-refractivity contribution in [3.63, 3.8) is 0 Å². The molecule has 0 aliphatic carbocycles. The summed E-state index contributed by atoms with van der Waals surface area (Å²) in [5.74, 6) is 0.373. The second kappa shape index (κ2) is 4.20. The van der Waals surface area contributed by atoms with Gasteiger partial charge in [-0.25, -0.2) is 9.67 Å². The molecule has 0 radical (unpaired) electrons. The van der Waals surface area contributed by atoms with Crippen LogP contribution >= 0.6 is 0 Å². The van der Waals surface area contributed by atoms with E-state index >= 15 is 0 Å². The first-order valence-corrected chi connectivity index (χ1v) is 5.09. The van der Waals surface area contributed by atoms with Gasteiger partial charge in [0.15, 0.2) is 11.5 Å². The fourth-order valence-electron chi connectivity index (χ4n) is 1.36. The number of rotatable bonds is 2. The van der Waals surface area contributed by atoms with Crippen molar-refractivity contribution in [1.29, 1.82) is 0 Å². The molecule has 2 aromatic heterocycles. The number of nitrogens with zero attached hydrogens (tertiary/aromatic N) is 3. The highest BCUT2D eigenvalue weighted by Gasteiger charge is 2.33. The van der Waals surface area contributed by atoms with Gasteiger partial charge in [-0.15, -0.1) is 0 Å². The normalized spacial score (nSPS) is 11.8. The summed E-state index contributed by atoms with van der Waals surface area (Å²) in [6, 6.07) is 4.39. The monoisotopic (exact) mass is 241 g/mol. The number of halogens is 3. The number of aromatic nitrogens is 3. The van der Waals surface area contributed by atoms with E-state index < -0.39 is 11.9 Å². The summed E-state index contributed by atoms with van der Waals surface area (Å²) in [6.45, 7) is 1.98. The molecule has 17 heavy (non-hydrogen) atoms. The zero-order valence-electron chi connectivity index (χ0n) is 9.07. The minimum Gasteiger partial charge on any atom is -0.237 e. The molecular formula is C11H10F3N3. The molecule has 0 amide bonds. The van der Waals surface area contributed by atoms with Gasteiger partial charge in [-0.05, 0) is 24.1 Å². The average molecular weight is 241 g/mol. The van der Waals surface area contributed by atoms with Gasteiger partial charge in [-0.1, -0.05) is 13.0 Å². The SMILES string of the molecule is CCc1ccc(-n2ccc(C(F)(F)F)n2)nc1. The summed E-state index contributed by atoms with van der Waals surface area (Å²) in [6.07, 6.45) is -0.712. The first-order chi connectivity index (χ1) is 8.00. The summed E-state index contributed by atoms with van der Waals surface area (Å²) in [5.41, 5.74) is 0.107. The second-order valence-corrected chi connectivity index (χ2v) is 3.52. The Kier molecular flexibility index (Phi) is 2.87. The van der Waals surface area contributed by atoms with Crippen LogP contribution in [0.3, 0.4) is 0 Å². The van der Waals surface area contributed by atoms with Crippen molar-refractivity contribution in [2.45, 2.75) is 19.5 Å². The molecule has 0 spiro atoms. The van der Waals surface area contributed by atoms with Gasteiger partial charge in [0.05, 0.1) is 0 Å². The van der Waals surface area contributed by atoms with Crippen LogP contribution in [0.25, 0.3) is 5.82 Å². The van der Waals surface area contributed by atoms with E-state index in [1.807, 2.05) is 13.0 Å². The summed E-state index contributed by atoms with van der Waals surface area (Å²) in [7, 11) is 0. The van der Waals surface area contributed by atoms with E-state index in [9.17, 15) is 13.2 Å². The van der Waals surface area contributed by atoms with Gasteiger partial charge < -0.3 is 0 Å². The molecule has 2 rings (SSSR count).